The Bertz CT molecular complexity index is 599. The van der Waals surface area contributed by atoms with Gasteiger partial charge >= 0.3 is 0 Å². The molecule has 106 valence electrons. The molecule has 1 unspecified atom stereocenters. The first-order valence-corrected chi connectivity index (χ1v) is 7.28. The van der Waals surface area contributed by atoms with E-state index in [2.05, 4.69) is 15.9 Å². The monoisotopic (exact) mass is 336 g/mol. The summed E-state index contributed by atoms with van der Waals surface area (Å²) in [5.74, 6) is -0.241. The van der Waals surface area contributed by atoms with Gasteiger partial charge in [-0.2, -0.15) is 0 Å². The first kappa shape index (κ1) is 15.0. The summed E-state index contributed by atoms with van der Waals surface area (Å²) in [5.41, 5.74) is 8.43. The molecule has 0 bridgehead atoms. The van der Waals surface area contributed by atoms with Crippen molar-refractivity contribution in [2.45, 2.75) is 19.5 Å². The van der Waals surface area contributed by atoms with Crippen molar-refractivity contribution in [3.63, 3.8) is 0 Å². The second-order valence-corrected chi connectivity index (χ2v) is 5.77. The maximum atomic E-state index is 14.2. The molecule has 0 aliphatic carbocycles. The highest BCUT2D eigenvalue weighted by atomic mass is 79.9. The molecule has 2 aromatic rings. The summed E-state index contributed by atoms with van der Waals surface area (Å²) in [6.07, 6.45) is 0. The van der Waals surface area contributed by atoms with E-state index in [1.54, 1.807) is 6.07 Å². The van der Waals surface area contributed by atoms with Crippen LogP contribution in [0.5, 0.6) is 0 Å². The van der Waals surface area contributed by atoms with Gasteiger partial charge in [0, 0.05) is 24.1 Å². The minimum absolute atomic E-state index is 0.206. The van der Waals surface area contributed by atoms with Crippen molar-refractivity contribution in [3.05, 3.63) is 63.9 Å². The number of anilines is 1. The highest BCUT2D eigenvalue weighted by Crippen LogP contribution is 2.29. The van der Waals surface area contributed by atoms with Crippen LogP contribution < -0.4 is 10.6 Å². The lowest BCUT2D eigenvalue weighted by atomic mass is 10.0. The third kappa shape index (κ3) is 3.19. The Morgan fingerprint density at radius 3 is 2.55 bits per heavy atom. The fourth-order valence-electron chi connectivity index (χ4n) is 2.26. The number of benzene rings is 2. The number of nitrogens with two attached hydrogens (primary N) is 1. The van der Waals surface area contributed by atoms with Gasteiger partial charge in [0.15, 0.2) is 0 Å². The van der Waals surface area contributed by atoms with Crippen LogP contribution in [0.1, 0.15) is 24.1 Å². The van der Waals surface area contributed by atoms with E-state index in [4.69, 9.17) is 5.73 Å². The number of hydrogen-bond acceptors (Lipinski definition) is 2. The SMILES string of the molecule is CC(N)c1cccc(F)c1N(C)Cc1ccccc1Br. The molecular formula is C16H18BrFN2. The van der Waals surface area contributed by atoms with E-state index in [9.17, 15) is 4.39 Å². The van der Waals surface area contributed by atoms with Crippen molar-refractivity contribution >= 4 is 21.6 Å². The predicted molar refractivity (Wildman–Crippen MR) is 85.3 cm³/mol. The Kier molecular flexibility index (Phi) is 4.78. The summed E-state index contributed by atoms with van der Waals surface area (Å²) in [6.45, 7) is 2.48. The Morgan fingerprint density at radius 2 is 1.90 bits per heavy atom. The van der Waals surface area contributed by atoms with Crippen LogP contribution in [0.2, 0.25) is 0 Å². The molecule has 1 atom stereocenters. The molecule has 2 nitrogen and oxygen atoms in total. The van der Waals surface area contributed by atoms with Crippen molar-refractivity contribution in [2.75, 3.05) is 11.9 Å². The largest absolute Gasteiger partial charge is 0.368 e. The van der Waals surface area contributed by atoms with Crippen LogP contribution in [0.4, 0.5) is 10.1 Å². The number of halogens is 2. The minimum atomic E-state index is -0.241. The molecule has 0 aliphatic heterocycles. The molecule has 0 fully saturated rings. The van der Waals surface area contributed by atoms with Crippen LogP contribution in [0, 0.1) is 5.82 Å². The lowest BCUT2D eigenvalue weighted by molar-refractivity contribution is 0.616. The zero-order valence-corrected chi connectivity index (χ0v) is 13.2. The van der Waals surface area contributed by atoms with E-state index < -0.39 is 0 Å². The van der Waals surface area contributed by atoms with Crippen LogP contribution in [0.25, 0.3) is 0 Å². The van der Waals surface area contributed by atoms with Crippen molar-refractivity contribution in [3.8, 4) is 0 Å². The quantitative estimate of drug-likeness (QED) is 0.904. The fourth-order valence-corrected chi connectivity index (χ4v) is 2.67. The van der Waals surface area contributed by atoms with Gasteiger partial charge in [-0.25, -0.2) is 4.39 Å². The first-order chi connectivity index (χ1) is 9.50. The topological polar surface area (TPSA) is 29.3 Å². The summed E-state index contributed by atoms with van der Waals surface area (Å²) in [5, 5.41) is 0. The lowest BCUT2D eigenvalue weighted by Gasteiger charge is -2.25. The summed E-state index contributed by atoms with van der Waals surface area (Å²) in [7, 11) is 1.88. The van der Waals surface area contributed by atoms with Gasteiger partial charge in [0.2, 0.25) is 0 Å². The lowest BCUT2D eigenvalue weighted by Crippen LogP contribution is -2.21. The van der Waals surface area contributed by atoms with Crippen molar-refractivity contribution in [1.29, 1.82) is 0 Å². The van der Waals surface area contributed by atoms with E-state index in [1.807, 2.05) is 49.2 Å². The summed E-state index contributed by atoms with van der Waals surface area (Å²) >= 11 is 3.52. The molecule has 0 heterocycles. The normalized spacial score (nSPS) is 12.2. The van der Waals surface area contributed by atoms with Crippen LogP contribution >= 0.6 is 15.9 Å². The van der Waals surface area contributed by atoms with Gasteiger partial charge in [0.25, 0.3) is 0 Å². The molecule has 20 heavy (non-hydrogen) atoms. The van der Waals surface area contributed by atoms with Crippen LogP contribution in [-0.2, 0) is 6.54 Å². The second-order valence-electron chi connectivity index (χ2n) is 4.91. The molecule has 0 amide bonds. The average molecular weight is 337 g/mol. The maximum absolute atomic E-state index is 14.2. The predicted octanol–water partition coefficient (Wildman–Crippen LogP) is 4.24. The smallest absolute Gasteiger partial charge is 0.146 e. The third-order valence-electron chi connectivity index (χ3n) is 3.26. The minimum Gasteiger partial charge on any atom is -0.368 e. The van der Waals surface area contributed by atoms with Crippen molar-refractivity contribution in [1.82, 2.24) is 0 Å². The number of para-hydroxylation sites is 1. The Morgan fingerprint density at radius 1 is 1.20 bits per heavy atom. The Balaban J connectivity index is 2.34. The summed E-state index contributed by atoms with van der Waals surface area (Å²) in [4.78, 5) is 1.90. The summed E-state index contributed by atoms with van der Waals surface area (Å²) < 4.78 is 15.2. The van der Waals surface area contributed by atoms with Gasteiger partial charge in [0.1, 0.15) is 5.82 Å². The van der Waals surface area contributed by atoms with Crippen LogP contribution in [0.3, 0.4) is 0 Å². The molecule has 0 saturated carbocycles. The van der Waals surface area contributed by atoms with E-state index in [1.165, 1.54) is 6.07 Å². The first-order valence-electron chi connectivity index (χ1n) is 6.49. The number of hydrogen-bond donors (Lipinski definition) is 1. The van der Waals surface area contributed by atoms with Gasteiger partial charge in [-0.3, -0.25) is 0 Å². The standard InChI is InChI=1S/C16H18BrFN2/c1-11(19)13-7-5-9-15(18)16(13)20(2)10-12-6-3-4-8-14(12)17/h3-9,11H,10,19H2,1-2H3. The molecule has 2 N–H and O–H groups in total. The number of rotatable bonds is 4. The molecule has 0 aromatic heterocycles. The highest BCUT2D eigenvalue weighted by Gasteiger charge is 2.16. The third-order valence-corrected chi connectivity index (χ3v) is 4.03. The summed E-state index contributed by atoms with van der Waals surface area (Å²) in [6, 6.07) is 12.8. The van der Waals surface area contributed by atoms with E-state index in [-0.39, 0.29) is 11.9 Å². The van der Waals surface area contributed by atoms with E-state index in [0.29, 0.717) is 12.2 Å². The van der Waals surface area contributed by atoms with Crippen molar-refractivity contribution < 1.29 is 4.39 Å². The van der Waals surface area contributed by atoms with Crippen LogP contribution in [-0.4, -0.2) is 7.05 Å². The molecule has 2 rings (SSSR count). The molecule has 0 radical (unpaired) electrons. The van der Waals surface area contributed by atoms with Gasteiger partial charge in [-0.15, -0.1) is 0 Å². The Hall–Kier alpha value is -1.39. The molecular weight excluding hydrogens is 319 g/mol. The average Bonchev–Trinajstić information content (AvgIpc) is 2.40. The number of nitrogens with zero attached hydrogens (tertiary/aromatic N) is 1. The maximum Gasteiger partial charge on any atom is 0.146 e. The molecule has 0 aliphatic rings. The highest BCUT2D eigenvalue weighted by molar-refractivity contribution is 9.10. The van der Waals surface area contributed by atoms with Crippen molar-refractivity contribution in [2.24, 2.45) is 5.73 Å². The molecule has 0 spiro atoms. The van der Waals surface area contributed by atoms with Gasteiger partial charge in [-0.05, 0) is 30.2 Å². The zero-order valence-electron chi connectivity index (χ0n) is 11.6. The van der Waals surface area contributed by atoms with Crippen LogP contribution in [0.15, 0.2) is 46.9 Å². The fraction of sp³-hybridized carbons (Fsp3) is 0.250. The molecule has 0 saturated heterocycles. The van der Waals surface area contributed by atoms with Gasteiger partial charge < -0.3 is 10.6 Å². The van der Waals surface area contributed by atoms with Gasteiger partial charge in [0.05, 0.1) is 5.69 Å². The zero-order chi connectivity index (χ0) is 14.7. The van der Waals surface area contributed by atoms with E-state index in [0.717, 1.165) is 15.6 Å². The molecule has 2 aromatic carbocycles. The molecule has 4 heteroatoms. The van der Waals surface area contributed by atoms with E-state index >= 15 is 0 Å². The Labute approximate surface area is 127 Å². The van der Waals surface area contributed by atoms with Gasteiger partial charge in [-0.1, -0.05) is 46.3 Å². The second kappa shape index (κ2) is 6.37.